The van der Waals surface area contributed by atoms with E-state index in [-0.39, 0.29) is 6.42 Å². The van der Waals surface area contributed by atoms with Crippen LogP contribution >= 0.6 is 7.82 Å². The largest absolute Gasteiger partial charge is 0.472 e. The van der Waals surface area contributed by atoms with Gasteiger partial charge in [-0.05, 0) is 32.1 Å². The number of carbonyl (C=O) groups excluding carboxylic acids is 1. The molecule has 0 aromatic rings. The van der Waals surface area contributed by atoms with Crippen molar-refractivity contribution in [1.82, 2.24) is 5.32 Å². The number of phosphoric acid groups is 1. The summed E-state index contributed by atoms with van der Waals surface area (Å²) in [6, 6.07) is -1.25. The molecule has 1 rings (SSSR count). The lowest BCUT2D eigenvalue weighted by Crippen LogP contribution is -2.64. The van der Waals surface area contributed by atoms with Crippen molar-refractivity contribution in [3.05, 3.63) is 24.3 Å². The topological polar surface area (TPSA) is 226 Å². The van der Waals surface area contributed by atoms with Gasteiger partial charge in [-0.1, -0.05) is 205 Å². The van der Waals surface area contributed by atoms with E-state index in [0.29, 0.717) is 12.8 Å². The summed E-state index contributed by atoms with van der Waals surface area (Å²) in [7, 11) is -5.15. The first kappa shape index (κ1) is 59.8. The molecule has 1 fully saturated rings. The Balaban J connectivity index is 2.43. The van der Waals surface area contributed by atoms with Gasteiger partial charge < -0.3 is 46.0 Å². The number of aliphatic hydroxyl groups is 7. The van der Waals surface area contributed by atoms with E-state index >= 15 is 0 Å². The van der Waals surface area contributed by atoms with Crippen LogP contribution in [-0.4, -0.2) is 108 Å². The molecule has 8 atom stereocenters. The number of rotatable bonds is 42. The fraction of sp³-hybridized carbons (Fsp3) is 0.898. The second-order valence-electron chi connectivity index (χ2n) is 18.2. The van der Waals surface area contributed by atoms with Crippen molar-refractivity contribution in [2.24, 2.45) is 0 Å². The number of nitrogens with one attached hydrogen (secondary N) is 1. The fourth-order valence-corrected chi connectivity index (χ4v) is 9.11. The molecule has 0 bridgehead atoms. The predicted octanol–water partition coefficient (Wildman–Crippen LogP) is 9.15. The van der Waals surface area contributed by atoms with Crippen LogP contribution in [0.2, 0.25) is 0 Å². The molecule has 0 aromatic heterocycles. The first-order valence-electron chi connectivity index (χ1n) is 25.4. The molecule has 14 heteroatoms. The third-order valence-corrected chi connectivity index (χ3v) is 13.3. The Hall–Kier alpha value is -1.22. The third kappa shape index (κ3) is 30.6. The summed E-state index contributed by atoms with van der Waals surface area (Å²) in [6.45, 7) is 3.72. The Bertz CT molecular complexity index is 1180. The zero-order valence-corrected chi connectivity index (χ0v) is 40.4. The quantitative estimate of drug-likeness (QED) is 0.0159. The van der Waals surface area contributed by atoms with Crippen LogP contribution in [0.5, 0.6) is 0 Å². The van der Waals surface area contributed by atoms with Gasteiger partial charge in [0.1, 0.15) is 36.6 Å². The summed E-state index contributed by atoms with van der Waals surface area (Å²) < 4.78 is 22.9. The van der Waals surface area contributed by atoms with E-state index in [1.807, 2.05) is 0 Å². The SMILES string of the molecule is CCCCCCCC/C=C/CC/C=C/C(O)C(COP(=O)(O)OC1C(O)C(O)C(O)C(O)C1O)NC(=O)CC(O)CCCCCCCCCCCCCCCCCCCCCCC. The summed E-state index contributed by atoms with van der Waals surface area (Å²) >= 11 is 0. The van der Waals surface area contributed by atoms with Gasteiger partial charge >= 0.3 is 7.82 Å². The predicted molar refractivity (Wildman–Crippen MR) is 252 cm³/mol. The van der Waals surface area contributed by atoms with Crippen molar-refractivity contribution in [3.63, 3.8) is 0 Å². The smallest absolute Gasteiger partial charge is 0.393 e. The van der Waals surface area contributed by atoms with Gasteiger partial charge in [-0.2, -0.15) is 0 Å². The Morgan fingerprint density at radius 1 is 0.556 bits per heavy atom. The summed E-state index contributed by atoms with van der Waals surface area (Å²) in [5, 5.41) is 74.5. The van der Waals surface area contributed by atoms with Crippen molar-refractivity contribution >= 4 is 13.7 Å². The van der Waals surface area contributed by atoms with Crippen molar-refractivity contribution < 1.29 is 59.0 Å². The highest BCUT2D eigenvalue weighted by Crippen LogP contribution is 2.47. The minimum Gasteiger partial charge on any atom is -0.393 e. The number of amides is 1. The van der Waals surface area contributed by atoms with Gasteiger partial charge in [-0.25, -0.2) is 4.57 Å². The normalized spacial score (nSPS) is 23.0. The van der Waals surface area contributed by atoms with Crippen LogP contribution in [0, 0.1) is 0 Å². The maximum absolute atomic E-state index is 13.0. The van der Waals surface area contributed by atoms with E-state index in [1.165, 1.54) is 147 Å². The molecule has 0 aromatic carbocycles. The summed E-state index contributed by atoms with van der Waals surface area (Å²) in [4.78, 5) is 23.4. The molecule has 63 heavy (non-hydrogen) atoms. The maximum Gasteiger partial charge on any atom is 0.472 e. The highest BCUT2D eigenvalue weighted by Gasteiger charge is 2.51. The average molecular weight is 920 g/mol. The van der Waals surface area contributed by atoms with Gasteiger partial charge in [0, 0.05) is 0 Å². The van der Waals surface area contributed by atoms with E-state index in [1.54, 1.807) is 6.08 Å². The van der Waals surface area contributed by atoms with Gasteiger partial charge in [-0.3, -0.25) is 13.8 Å². The number of allylic oxidation sites excluding steroid dienone is 3. The number of phosphoric ester groups is 1. The monoisotopic (exact) mass is 920 g/mol. The third-order valence-electron chi connectivity index (χ3n) is 12.3. The molecule has 9 N–H and O–H groups in total. The number of hydrogen-bond donors (Lipinski definition) is 9. The van der Waals surface area contributed by atoms with Crippen LogP contribution in [0.1, 0.15) is 219 Å². The fourth-order valence-electron chi connectivity index (χ4n) is 8.14. The van der Waals surface area contributed by atoms with Crippen LogP contribution in [-0.2, 0) is 18.4 Å². The second-order valence-corrected chi connectivity index (χ2v) is 19.6. The standard InChI is InChI=1S/C49H94NO12P/c1-3-5-7-9-11-13-15-17-18-19-20-21-22-23-24-25-26-28-30-32-34-36-40(51)38-43(53)50-41(42(52)37-35-33-31-29-27-16-14-12-10-8-6-4-2)39-61-63(59,60)62-49-47(57)45(55)44(54)46(56)48(49)58/h27,29,35,37,40-42,44-49,51-52,54-58H,3-26,28,30-34,36,38-39H2,1-2H3,(H,50,53)(H,59,60)/b29-27+,37-35+. The van der Waals surface area contributed by atoms with Crippen molar-refractivity contribution in [1.29, 1.82) is 0 Å². The van der Waals surface area contributed by atoms with Crippen LogP contribution in [0.4, 0.5) is 0 Å². The Labute approximate surface area is 382 Å². The lowest BCUT2D eigenvalue weighted by atomic mass is 9.85. The molecule has 0 radical (unpaired) electrons. The summed E-state index contributed by atoms with van der Waals surface area (Å²) in [6.07, 6.45) is 30.0. The summed E-state index contributed by atoms with van der Waals surface area (Å²) in [5.74, 6) is -0.600. The van der Waals surface area contributed by atoms with Crippen molar-refractivity contribution in [2.45, 2.75) is 274 Å². The average Bonchev–Trinajstić information content (AvgIpc) is 3.26. The molecule has 1 amide bonds. The first-order valence-corrected chi connectivity index (χ1v) is 26.9. The van der Waals surface area contributed by atoms with Crippen LogP contribution in [0.3, 0.4) is 0 Å². The number of unbranched alkanes of at least 4 members (excludes halogenated alkanes) is 27. The van der Waals surface area contributed by atoms with Gasteiger partial charge in [-0.15, -0.1) is 0 Å². The Morgan fingerprint density at radius 2 is 0.937 bits per heavy atom. The molecular formula is C49H94NO12P. The molecule has 1 aliphatic rings. The van der Waals surface area contributed by atoms with E-state index in [2.05, 4.69) is 31.3 Å². The lowest BCUT2D eigenvalue weighted by Gasteiger charge is -2.41. The molecule has 1 saturated carbocycles. The molecule has 13 nitrogen and oxygen atoms in total. The highest BCUT2D eigenvalue weighted by atomic mass is 31.2. The highest BCUT2D eigenvalue weighted by molar-refractivity contribution is 7.47. The van der Waals surface area contributed by atoms with Crippen molar-refractivity contribution in [3.8, 4) is 0 Å². The zero-order valence-electron chi connectivity index (χ0n) is 39.5. The first-order chi connectivity index (χ1) is 30.3. The van der Waals surface area contributed by atoms with E-state index in [0.717, 1.165) is 44.9 Å². The van der Waals surface area contributed by atoms with Gasteiger partial charge in [0.05, 0.1) is 31.3 Å². The Kier molecular flexibility index (Phi) is 36.9. The molecule has 0 aliphatic heterocycles. The van der Waals surface area contributed by atoms with Gasteiger partial charge in [0.2, 0.25) is 5.91 Å². The number of aliphatic hydroxyl groups excluding tert-OH is 7. The van der Waals surface area contributed by atoms with Crippen LogP contribution in [0.15, 0.2) is 24.3 Å². The number of carbonyl (C=O) groups is 1. The molecule has 0 heterocycles. The number of hydrogen-bond acceptors (Lipinski definition) is 11. The minimum absolute atomic E-state index is 0.249. The minimum atomic E-state index is -5.15. The second kappa shape index (κ2) is 38.8. The Morgan fingerprint density at radius 3 is 1.40 bits per heavy atom. The van der Waals surface area contributed by atoms with Crippen LogP contribution in [0.25, 0.3) is 0 Å². The molecular weight excluding hydrogens is 826 g/mol. The summed E-state index contributed by atoms with van der Waals surface area (Å²) in [5.41, 5.74) is 0. The maximum atomic E-state index is 13.0. The molecule has 1 aliphatic carbocycles. The van der Waals surface area contributed by atoms with E-state index < -0.39 is 75.2 Å². The molecule has 372 valence electrons. The van der Waals surface area contributed by atoms with Gasteiger partial charge in [0.25, 0.3) is 0 Å². The van der Waals surface area contributed by atoms with E-state index in [9.17, 15) is 50.0 Å². The van der Waals surface area contributed by atoms with E-state index in [4.69, 9.17) is 9.05 Å². The zero-order chi connectivity index (χ0) is 46.6. The molecule has 0 saturated heterocycles. The lowest BCUT2D eigenvalue weighted by molar-refractivity contribution is -0.220. The molecule has 0 spiro atoms. The van der Waals surface area contributed by atoms with Gasteiger partial charge in [0.15, 0.2) is 0 Å². The molecule has 8 unspecified atom stereocenters. The van der Waals surface area contributed by atoms with Crippen LogP contribution < -0.4 is 5.32 Å². The van der Waals surface area contributed by atoms with Crippen molar-refractivity contribution in [2.75, 3.05) is 6.61 Å².